The van der Waals surface area contributed by atoms with Gasteiger partial charge in [-0.3, -0.25) is 4.72 Å². The van der Waals surface area contributed by atoms with Gasteiger partial charge < -0.3 is 0 Å². The third-order valence-electron chi connectivity index (χ3n) is 3.02. The Kier molecular flexibility index (Phi) is 3.48. The Hall–Kier alpha value is -2.62. The van der Waals surface area contributed by atoms with Crippen molar-refractivity contribution >= 4 is 21.4 Å². The number of pyridine rings is 1. The normalized spacial score (nSPS) is 12.5. The van der Waals surface area contributed by atoms with E-state index in [1.807, 2.05) is 0 Å². The van der Waals surface area contributed by atoms with Crippen LogP contribution < -0.4 is 4.72 Å². The number of sulfonamides is 1. The maximum absolute atomic E-state index is 12.7. The first-order chi connectivity index (χ1) is 10.8. The Morgan fingerprint density at radius 1 is 1.13 bits per heavy atom. The molecule has 0 saturated heterocycles. The lowest BCUT2D eigenvalue weighted by molar-refractivity contribution is -0.137. The Morgan fingerprint density at radius 3 is 2.65 bits per heavy atom. The van der Waals surface area contributed by atoms with E-state index in [0.29, 0.717) is 6.07 Å². The Labute approximate surface area is 128 Å². The van der Waals surface area contributed by atoms with Gasteiger partial charge in [-0.2, -0.15) is 18.3 Å². The van der Waals surface area contributed by atoms with Crippen LogP contribution in [0, 0.1) is 0 Å². The first-order valence-corrected chi connectivity index (χ1v) is 7.74. The SMILES string of the molecule is O=S(=O)(Nc1cccn2ncnc12)c1cccc(C(F)(F)F)c1. The Morgan fingerprint density at radius 2 is 1.91 bits per heavy atom. The van der Waals surface area contributed by atoms with Crippen molar-refractivity contribution in [1.82, 2.24) is 14.6 Å². The molecule has 0 fully saturated rings. The van der Waals surface area contributed by atoms with Crippen LogP contribution in [-0.2, 0) is 16.2 Å². The molecule has 0 radical (unpaired) electrons. The van der Waals surface area contributed by atoms with Crippen LogP contribution in [0.2, 0.25) is 0 Å². The van der Waals surface area contributed by atoms with Crippen molar-refractivity contribution in [2.45, 2.75) is 11.1 Å². The number of alkyl halides is 3. The summed E-state index contributed by atoms with van der Waals surface area (Å²) >= 11 is 0. The molecule has 0 bridgehead atoms. The molecule has 0 amide bonds. The van der Waals surface area contributed by atoms with E-state index in [0.717, 1.165) is 18.2 Å². The minimum atomic E-state index is -4.63. The van der Waals surface area contributed by atoms with E-state index in [1.165, 1.54) is 23.0 Å². The van der Waals surface area contributed by atoms with Crippen LogP contribution in [0.4, 0.5) is 18.9 Å². The number of anilines is 1. The van der Waals surface area contributed by atoms with Crippen molar-refractivity contribution in [2.24, 2.45) is 0 Å². The molecule has 120 valence electrons. The zero-order valence-corrected chi connectivity index (χ0v) is 12.1. The number of fused-ring (bicyclic) bond motifs is 1. The number of rotatable bonds is 3. The molecule has 2 aromatic heterocycles. The van der Waals surface area contributed by atoms with E-state index in [-0.39, 0.29) is 11.3 Å². The second-order valence-corrected chi connectivity index (χ2v) is 6.26. The Balaban J connectivity index is 2.01. The van der Waals surface area contributed by atoms with Crippen molar-refractivity contribution in [3.8, 4) is 0 Å². The molecule has 0 unspecified atom stereocenters. The maximum atomic E-state index is 12.7. The predicted molar refractivity (Wildman–Crippen MR) is 75.2 cm³/mol. The topological polar surface area (TPSA) is 76.4 Å². The molecule has 1 N–H and O–H groups in total. The number of nitrogens with one attached hydrogen (secondary N) is 1. The highest BCUT2D eigenvalue weighted by molar-refractivity contribution is 7.92. The molecule has 23 heavy (non-hydrogen) atoms. The smallest absolute Gasteiger partial charge is 0.276 e. The fourth-order valence-corrected chi connectivity index (χ4v) is 3.08. The van der Waals surface area contributed by atoms with Gasteiger partial charge in [-0.1, -0.05) is 6.07 Å². The van der Waals surface area contributed by atoms with Crippen LogP contribution in [0.15, 0.2) is 53.8 Å². The summed E-state index contributed by atoms with van der Waals surface area (Å²) in [6.07, 6.45) is -1.83. The average Bonchev–Trinajstić information content (AvgIpc) is 2.96. The number of aromatic nitrogens is 3. The van der Waals surface area contributed by atoms with E-state index >= 15 is 0 Å². The number of nitrogens with zero attached hydrogens (tertiary/aromatic N) is 3. The highest BCUT2D eigenvalue weighted by Crippen LogP contribution is 2.31. The monoisotopic (exact) mass is 342 g/mol. The van der Waals surface area contributed by atoms with Gasteiger partial charge in [0, 0.05) is 6.20 Å². The summed E-state index contributed by atoms with van der Waals surface area (Å²) in [6, 6.07) is 6.47. The van der Waals surface area contributed by atoms with E-state index in [4.69, 9.17) is 0 Å². The lowest BCUT2D eigenvalue weighted by Crippen LogP contribution is -2.15. The zero-order chi connectivity index (χ0) is 16.7. The first-order valence-electron chi connectivity index (χ1n) is 6.26. The molecule has 0 spiro atoms. The molecule has 0 aliphatic heterocycles. The minimum absolute atomic E-state index is 0.113. The standard InChI is InChI=1S/C13H9F3N4O2S/c14-13(15,16)9-3-1-4-10(7-9)23(21,22)19-11-5-2-6-20-12(11)17-8-18-20/h1-8,19H. The predicted octanol–water partition coefficient (Wildman–Crippen LogP) is 2.55. The molecule has 2 heterocycles. The summed E-state index contributed by atoms with van der Waals surface area (Å²) in [5.41, 5.74) is -0.688. The van der Waals surface area contributed by atoms with Gasteiger partial charge in [0.25, 0.3) is 10.0 Å². The van der Waals surface area contributed by atoms with Crippen LogP contribution in [0.1, 0.15) is 5.56 Å². The van der Waals surface area contributed by atoms with Crippen molar-refractivity contribution in [1.29, 1.82) is 0 Å². The van der Waals surface area contributed by atoms with Crippen molar-refractivity contribution in [2.75, 3.05) is 4.72 Å². The van der Waals surface area contributed by atoms with Gasteiger partial charge >= 0.3 is 6.18 Å². The average molecular weight is 342 g/mol. The molecular weight excluding hydrogens is 333 g/mol. The quantitative estimate of drug-likeness (QED) is 0.794. The van der Waals surface area contributed by atoms with Crippen LogP contribution in [0.3, 0.4) is 0 Å². The third-order valence-corrected chi connectivity index (χ3v) is 4.38. The summed E-state index contributed by atoms with van der Waals surface area (Å²) in [5, 5.41) is 3.85. The van der Waals surface area contributed by atoms with Gasteiger partial charge in [0.2, 0.25) is 0 Å². The van der Waals surface area contributed by atoms with Gasteiger partial charge in [0.15, 0.2) is 5.65 Å². The number of halogens is 3. The van der Waals surface area contributed by atoms with E-state index in [2.05, 4.69) is 14.8 Å². The molecular formula is C13H9F3N4O2S. The minimum Gasteiger partial charge on any atom is -0.276 e. The maximum Gasteiger partial charge on any atom is 0.416 e. The molecule has 0 aliphatic rings. The summed E-state index contributed by atoms with van der Waals surface area (Å²) in [4.78, 5) is 3.41. The second-order valence-electron chi connectivity index (χ2n) is 4.58. The lowest BCUT2D eigenvalue weighted by atomic mass is 10.2. The molecule has 6 nitrogen and oxygen atoms in total. The highest BCUT2D eigenvalue weighted by Gasteiger charge is 2.31. The summed E-state index contributed by atoms with van der Waals surface area (Å²) < 4.78 is 66.3. The van der Waals surface area contributed by atoms with Gasteiger partial charge in [-0.05, 0) is 30.3 Å². The van der Waals surface area contributed by atoms with E-state index in [1.54, 1.807) is 6.20 Å². The van der Waals surface area contributed by atoms with Crippen LogP contribution in [0.5, 0.6) is 0 Å². The van der Waals surface area contributed by atoms with Crippen LogP contribution in [0.25, 0.3) is 5.65 Å². The summed E-state index contributed by atoms with van der Waals surface area (Å²) in [6.45, 7) is 0. The van der Waals surface area contributed by atoms with E-state index in [9.17, 15) is 21.6 Å². The fraction of sp³-hybridized carbons (Fsp3) is 0.0769. The first kappa shape index (κ1) is 15.3. The molecule has 10 heteroatoms. The number of benzene rings is 1. The number of hydrogen-bond donors (Lipinski definition) is 1. The molecule has 0 atom stereocenters. The molecule has 1 aromatic carbocycles. The lowest BCUT2D eigenvalue weighted by Gasteiger charge is -2.11. The Bertz CT molecular complexity index is 967. The molecule has 0 saturated carbocycles. The molecule has 3 aromatic rings. The number of hydrogen-bond acceptors (Lipinski definition) is 4. The van der Waals surface area contributed by atoms with Crippen LogP contribution >= 0.6 is 0 Å². The highest BCUT2D eigenvalue weighted by atomic mass is 32.2. The molecule has 0 aliphatic carbocycles. The van der Waals surface area contributed by atoms with Gasteiger partial charge in [0.05, 0.1) is 16.1 Å². The van der Waals surface area contributed by atoms with Crippen molar-refractivity contribution < 1.29 is 21.6 Å². The largest absolute Gasteiger partial charge is 0.416 e. The van der Waals surface area contributed by atoms with Gasteiger partial charge in [-0.15, -0.1) is 0 Å². The second kappa shape index (κ2) is 5.23. The van der Waals surface area contributed by atoms with Crippen molar-refractivity contribution in [3.05, 3.63) is 54.5 Å². The zero-order valence-electron chi connectivity index (χ0n) is 11.3. The van der Waals surface area contributed by atoms with Crippen LogP contribution in [-0.4, -0.2) is 23.0 Å². The fourth-order valence-electron chi connectivity index (χ4n) is 1.97. The molecule has 3 rings (SSSR count). The van der Waals surface area contributed by atoms with Gasteiger partial charge in [-0.25, -0.2) is 17.9 Å². The van der Waals surface area contributed by atoms with Gasteiger partial charge in [0.1, 0.15) is 6.33 Å². The summed E-state index contributed by atoms with van der Waals surface area (Å²) in [5.74, 6) is 0. The van der Waals surface area contributed by atoms with Crippen molar-refractivity contribution in [3.63, 3.8) is 0 Å². The third kappa shape index (κ3) is 2.97. The van der Waals surface area contributed by atoms with E-state index < -0.39 is 26.7 Å². The summed E-state index contributed by atoms with van der Waals surface area (Å²) in [7, 11) is -4.20.